The summed E-state index contributed by atoms with van der Waals surface area (Å²) >= 11 is 0. The zero-order valence-electron chi connectivity index (χ0n) is 11.1. The van der Waals surface area contributed by atoms with Gasteiger partial charge in [0.1, 0.15) is 0 Å². The first kappa shape index (κ1) is 13.4. The summed E-state index contributed by atoms with van der Waals surface area (Å²) in [5.41, 5.74) is 0.928. The Hall–Kier alpha value is 0.434. The van der Waals surface area contributed by atoms with Crippen LogP contribution < -0.4 is 0 Å². The molecule has 80 valence electrons. The standard InChI is InChI=1S/C11H28Si2/c1-8(2)9(3,4)10(5,6)11(7,12)13/h8H,1-7,12-13H3. The van der Waals surface area contributed by atoms with Crippen molar-refractivity contribution in [2.75, 3.05) is 0 Å². The van der Waals surface area contributed by atoms with Crippen LogP contribution in [0.1, 0.15) is 48.5 Å². The highest BCUT2D eigenvalue weighted by Crippen LogP contribution is 2.55. The molecule has 0 aromatic heterocycles. The second-order valence-electron chi connectivity index (χ2n) is 6.75. The molecular weight excluding hydrogens is 188 g/mol. The smallest absolute Gasteiger partial charge is 0.00658 e. The Labute approximate surface area is 90.7 Å². The highest BCUT2D eigenvalue weighted by molar-refractivity contribution is 6.40. The summed E-state index contributed by atoms with van der Waals surface area (Å²) in [6.07, 6.45) is 0. The molecular formula is C11H28Si2. The topological polar surface area (TPSA) is 0 Å². The van der Waals surface area contributed by atoms with Crippen LogP contribution in [-0.4, -0.2) is 20.5 Å². The van der Waals surface area contributed by atoms with Crippen molar-refractivity contribution in [3.8, 4) is 0 Å². The molecule has 0 N–H and O–H groups in total. The Bertz CT molecular complexity index is 173. The molecule has 0 rings (SSSR count). The Balaban J connectivity index is 5.04. The first-order valence-corrected chi connectivity index (χ1v) is 7.44. The van der Waals surface area contributed by atoms with Crippen molar-refractivity contribution in [3.63, 3.8) is 0 Å². The first-order valence-electron chi connectivity index (χ1n) is 5.44. The van der Waals surface area contributed by atoms with E-state index in [9.17, 15) is 0 Å². The van der Waals surface area contributed by atoms with Gasteiger partial charge in [0.15, 0.2) is 0 Å². The average molecular weight is 217 g/mol. The zero-order chi connectivity index (χ0) is 11.1. The molecule has 2 heteroatoms. The van der Waals surface area contributed by atoms with Gasteiger partial charge in [-0.2, -0.15) is 0 Å². The summed E-state index contributed by atoms with van der Waals surface area (Å²) in [6, 6.07) is 0. The summed E-state index contributed by atoms with van der Waals surface area (Å²) in [7, 11) is 2.65. The predicted octanol–water partition coefficient (Wildman–Crippen LogP) is 1.56. The lowest BCUT2D eigenvalue weighted by molar-refractivity contribution is 0.0413. The third kappa shape index (κ3) is 2.27. The molecule has 0 aliphatic carbocycles. The highest BCUT2D eigenvalue weighted by atomic mass is 28.2. The lowest BCUT2D eigenvalue weighted by Crippen LogP contribution is -2.45. The molecule has 0 radical (unpaired) electrons. The Morgan fingerprint density at radius 3 is 1.23 bits per heavy atom. The molecule has 0 aromatic rings. The van der Waals surface area contributed by atoms with Crippen molar-refractivity contribution in [1.82, 2.24) is 0 Å². The fourth-order valence-corrected chi connectivity index (χ4v) is 2.98. The quantitative estimate of drug-likeness (QED) is 0.628. The summed E-state index contributed by atoms with van der Waals surface area (Å²) < 4.78 is 0.640. The minimum atomic E-state index is 0.450. The molecule has 0 saturated carbocycles. The van der Waals surface area contributed by atoms with Gasteiger partial charge in [-0.3, -0.25) is 0 Å². The van der Waals surface area contributed by atoms with Crippen LogP contribution in [0.3, 0.4) is 0 Å². The molecule has 0 aromatic carbocycles. The van der Waals surface area contributed by atoms with Crippen LogP contribution in [0.4, 0.5) is 0 Å². The molecule has 13 heavy (non-hydrogen) atoms. The Kier molecular flexibility index (Phi) is 3.66. The van der Waals surface area contributed by atoms with E-state index in [4.69, 9.17) is 0 Å². The van der Waals surface area contributed by atoms with E-state index >= 15 is 0 Å². The van der Waals surface area contributed by atoms with Crippen molar-refractivity contribution in [2.45, 2.75) is 53.1 Å². The predicted molar refractivity (Wildman–Crippen MR) is 70.6 cm³/mol. The maximum atomic E-state index is 2.47. The van der Waals surface area contributed by atoms with Gasteiger partial charge in [0.2, 0.25) is 0 Å². The Morgan fingerprint density at radius 1 is 0.846 bits per heavy atom. The Morgan fingerprint density at radius 2 is 1.15 bits per heavy atom. The van der Waals surface area contributed by atoms with Gasteiger partial charge in [-0.05, 0) is 16.7 Å². The van der Waals surface area contributed by atoms with E-state index in [1.54, 1.807) is 0 Å². The number of hydrogen-bond acceptors (Lipinski definition) is 0. The van der Waals surface area contributed by atoms with Gasteiger partial charge in [-0.1, -0.05) is 53.1 Å². The molecule has 0 aliphatic rings. The number of hydrogen-bond donors (Lipinski definition) is 0. The monoisotopic (exact) mass is 216 g/mol. The van der Waals surface area contributed by atoms with Gasteiger partial charge in [0.05, 0.1) is 0 Å². The molecule has 0 aliphatic heterocycles. The fourth-order valence-electron chi connectivity index (χ4n) is 1.69. The van der Waals surface area contributed by atoms with Crippen LogP contribution in [0.5, 0.6) is 0 Å². The lowest BCUT2D eigenvalue weighted by atomic mass is 9.60. The molecule has 0 saturated heterocycles. The van der Waals surface area contributed by atoms with Crippen LogP contribution in [0.25, 0.3) is 0 Å². The fraction of sp³-hybridized carbons (Fsp3) is 1.00. The van der Waals surface area contributed by atoms with E-state index in [0.717, 1.165) is 5.92 Å². The van der Waals surface area contributed by atoms with Crippen LogP contribution in [0, 0.1) is 16.7 Å². The maximum Gasteiger partial charge on any atom is 0.00658 e. The van der Waals surface area contributed by atoms with E-state index < -0.39 is 0 Å². The molecule has 0 amide bonds. The molecule has 0 bridgehead atoms. The minimum absolute atomic E-state index is 0.450. The van der Waals surface area contributed by atoms with Gasteiger partial charge in [0, 0.05) is 20.5 Å². The lowest BCUT2D eigenvalue weighted by Gasteiger charge is -2.53. The van der Waals surface area contributed by atoms with E-state index in [1.807, 2.05) is 0 Å². The second-order valence-corrected chi connectivity index (χ2v) is 13.8. The SMILES string of the molecule is CC(C)C(C)(C)C(C)(C)C(C)([SiH3])[SiH3]. The third-order valence-corrected chi connectivity index (χ3v) is 7.43. The maximum absolute atomic E-state index is 2.47. The zero-order valence-corrected chi connectivity index (χ0v) is 15.1. The van der Waals surface area contributed by atoms with Crippen LogP contribution in [0.2, 0.25) is 4.66 Å². The van der Waals surface area contributed by atoms with E-state index in [-0.39, 0.29) is 0 Å². The van der Waals surface area contributed by atoms with Gasteiger partial charge < -0.3 is 0 Å². The summed E-state index contributed by atoms with van der Waals surface area (Å²) in [5.74, 6) is 0.768. The van der Waals surface area contributed by atoms with Gasteiger partial charge in [0.25, 0.3) is 0 Å². The van der Waals surface area contributed by atoms with E-state index in [1.165, 1.54) is 20.5 Å². The molecule has 0 nitrogen and oxygen atoms in total. The molecule has 0 unspecified atom stereocenters. The average Bonchev–Trinajstić information content (AvgIpc) is 1.84. The molecule has 0 fully saturated rings. The van der Waals surface area contributed by atoms with E-state index in [0.29, 0.717) is 15.5 Å². The largest absolute Gasteiger partial charge is 0.0656 e. The highest BCUT2D eigenvalue weighted by Gasteiger charge is 2.46. The second kappa shape index (κ2) is 3.54. The molecule has 0 atom stereocenters. The van der Waals surface area contributed by atoms with Gasteiger partial charge >= 0.3 is 0 Å². The number of rotatable bonds is 3. The van der Waals surface area contributed by atoms with Crippen LogP contribution in [0.15, 0.2) is 0 Å². The van der Waals surface area contributed by atoms with Crippen molar-refractivity contribution in [2.24, 2.45) is 16.7 Å². The van der Waals surface area contributed by atoms with Gasteiger partial charge in [-0.25, -0.2) is 0 Å². The summed E-state index contributed by atoms with van der Waals surface area (Å²) in [6.45, 7) is 17.0. The summed E-state index contributed by atoms with van der Waals surface area (Å²) in [4.78, 5) is 0. The van der Waals surface area contributed by atoms with Gasteiger partial charge in [-0.15, -0.1) is 0 Å². The van der Waals surface area contributed by atoms with Crippen molar-refractivity contribution in [1.29, 1.82) is 0 Å². The molecule has 0 spiro atoms. The van der Waals surface area contributed by atoms with E-state index in [2.05, 4.69) is 48.5 Å². The first-order chi connectivity index (χ1) is 5.44. The minimum Gasteiger partial charge on any atom is -0.0656 e. The van der Waals surface area contributed by atoms with Crippen molar-refractivity contribution >= 4 is 20.5 Å². The van der Waals surface area contributed by atoms with Crippen LogP contribution in [-0.2, 0) is 0 Å². The summed E-state index contributed by atoms with van der Waals surface area (Å²) in [5, 5.41) is 0. The van der Waals surface area contributed by atoms with Crippen molar-refractivity contribution in [3.05, 3.63) is 0 Å². The van der Waals surface area contributed by atoms with Crippen molar-refractivity contribution < 1.29 is 0 Å². The van der Waals surface area contributed by atoms with Crippen LogP contribution >= 0.6 is 0 Å². The third-order valence-electron chi connectivity index (χ3n) is 4.93. The molecule has 0 heterocycles. The normalized spacial score (nSPS) is 19.4.